The van der Waals surface area contributed by atoms with Crippen LogP contribution in [-0.2, 0) is 6.42 Å². The molecule has 1 aliphatic carbocycles. The molecule has 28 heavy (non-hydrogen) atoms. The molecule has 3 aromatic rings. The van der Waals surface area contributed by atoms with Crippen LogP contribution in [0, 0.1) is 5.92 Å². The third-order valence-electron chi connectivity index (χ3n) is 5.00. The number of para-hydroxylation sites is 1. The van der Waals surface area contributed by atoms with E-state index in [1.807, 2.05) is 78.9 Å². The fourth-order valence-electron chi connectivity index (χ4n) is 3.44. The summed E-state index contributed by atoms with van der Waals surface area (Å²) in [5.41, 5.74) is 2.02. The van der Waals surface area contributed by atoms with E-state index in [0.29, 0.717) is 16.7 Å². The molecule has 0 aliphatic heterocycles. The molecular weight excluding hydrogens is 371 g/mol. The van der Waals surface area contributed by atoms with Crippen molar-refractivity contribution in [2.75, 3.05) is 0 Å². The summed E-state index contributed by atoms with van der Waals surface area (Å²) in [5, 5.41) is 0.706. The Kier molecular flexibility index (Phi) is 5.78. The van der Waals surface area contributed by atoms with E-state index in [1.54, 1.807) is 6.08 Å². The maximum atomic E-state index is 14.8. The van der Waals surface area contributed by atoms with Gasteiger partial charge in [-0.3, -0.25) is 0 Å². The molecule has 0 saturated heterocycles. The maximum Gasteiger partial charge on any atom is 0.127 e. The van der Waals surface area contributed by atoms with Crippen LogP contribution in [0.4, 0.5) is 4.39 Å². The standard InChI is InChI=1S/C25H22ClFO/c26-21-13-11-20(12-14-21)25(19-9-10-19)17-22(27)15-18-5-4-8-24(16-18)28-23-6-2-1-3-7-23/h1-8,11-14,16-17,19,25H,9-10,15H2/b22-17-. The van der Waals surface area contributed by atoms with Crippen LogP contribution < -0.4 is 4.74 Å². The number of ether oxygens (including phenoxy) is 1. The highest BCUT2D eigenvalue weighted by Gasteiger charge is 2.31. The van der Waals surface area contributed by atoms with E-state index in [2.05, 4.69) is 0 Å². The molecule has 1 atom stereocenters. The summed E-state index contributed by atoms with van der Waals surface area (Å²) in [6.07, 6.45) is 4.35. The first-order chi connectivity index (χ1) is 13.7. The molecule has 0 spiro atoms. The Bertz CT molecular complexity index is 946. The van der Waals surface area contributed by atoms with Gasteiger partial charge in [-0.1, -0.05) is 54.1 Å². The fraction of sp³-hybridized carbons (Fsp3) is 0.200. The van der Waals surface area contributed by atoms with Gasteiger partial charge in [-0.15, -0.1) is 0 Å². The second kappa shape index (κ2) is 8.62. The zero-order valence-electron chi connectivity index (χ0n) is 15.5. The molecular formula is C25H22ClFO. The first kappa shape index (κ1) is 18.8. The Hall–Kier alpha value is -2.58. The van der Waals surface area contributed by atoms with Gasteiger partial charge in [-0.2, -0.15) is 0 Å². The minimum absolute atomic E-state index is 0.108. The second-order valence-corrected chi connectivity index (χ2v) is 7.70. The molecule has 0 aromatic heterocycles. The molecule has 1 aliphatic rings. The molecule has 3 heteroatoms. The third kappa shape index (κ3) is 5.02. The summed E-state index contributed by atoms with van der Waals surface area (Å²) in [6, 6.07) is 25.0. The van der Waals surface area contributed by atoms with Crippen LogP contribution in [-0.4, -0.2) is 0 Å². The molecule has 0 heterocycles. The number of benzene rings is 3. The average Bonchev–Trinajstić information content (AvgIpc) is 3.53. The summed E-state index contributed by atoms with van der Waals surface area (Å²) in [5.74, 6) is 2.02. The van der Waals surface area contributed by atoms with Crippen LogP contribution in [0.25, 0.3) is 0 Å². The Morgan fingerprint density at radius 1 is 0.964 bits per heavy atom. The average molecular weight is 393 g/mol. The van der Waals surface area contributed by atoms with Gasteiger partial charge in [0.2, 0.25) is 0 Å². The van der Waals surface area contributed by atoms with E-state index in [1.165, 1.54) is 0 Å². The first-order valence-electron chi connectivity index (χ1n) is 9.61. The summed E-state index contributed by atoms with van der Waals surface area (Å²) < 4.78 is 20.7. The molecule has 1 fully saturated rings. The maximum absolute atomic E-state index is 14.8. The minimum Gasteiger partial charge on any atom is -0.457 e. The third-order valence-corrected chi connectivity index (χ3v) is 5.25. The number of allylic oxidation sites excluding steroid dienone is 2. The van der Waals surface area contributed by atoms with E-state index in [9.17, 15) is 4.39 Å². The predicted molar refractivity (Wildman–Crippen MR) is 113 cm³/mol. The molecule has 0 N–H and O–H groups in total. The molecule has 1 unspecified atom stereocenters. The molecule has 142 valence electrons. The normalized spacial score (nSPS) is 15.3. The van der Waals surface area contributed by atoms with Gasteiger partial charge in [0.15, 0.2) is 0 Å². The van der Waals surface area contributed by atoms with Crippen LogP contribution in [0.5, 0.6) is 11.5 Å². The van der Waals surface area contributed by atoms with Gasteiger partial charge in [0.1, 0.15) is 17.3 Å². The van der Waals surface area contributed by atoms with E-state index < -0.39 is 0 Å². The number of rotatable bonds is 7. The smallest absolute Gasteiger partial charge is 0.127 e. The first-order valence-corrected chi connectivity index (χ1v) is 9.99. The lowest BCUT2D eigenvalue weighted by Crippen LogP contribution is -1.99. The topological polar surface area (TPSA) is 9.23 Å². The van der Waals surface area contributed by atoms with Crippen molar-refractivity contribution < 1.29 is 9.13 Å². The number of hydrogen-bond donors (Lipinski definition) is 0. The van der Waals surface area contributed by atoms with Crippen LogP contribution >= 0.6 is 11.6 Å². The molecule has 0 bridgehead atoms. The van der Waals surface area contributed by atoms with Crippen LogP contribution in [0.15, 0.2) is 90.8 Å². The fourth-order valence-corrected chi connectivity index (χ4v) is 3.56. The zero-order chi connectivity index (χ0) is 19.3. The van der Waals surface area contributed by atoms with Crippen LogP contribution in [0.1, 0.15) is 29.9 Å². The number of halogens is 2. The minimum atomic E-state index is -0.108. The lowest BCUT2D eigenvalue weighted by Gasteiger charge is -2.13. The Morgan fingerprint density at radius 3 is 2.39 bits per heavy atom. The predicted octanol–water partition coefficient (Wildman–Crippen LogP) is 7.72. The summed E-state index contributed by atoms with van der Waals surface area (Å²) in [6.45, 7) is 0. The number of hydrogen-bond acceptors (Lipinski definition) is 1. The van der Waals surface area contributed by atoms with E-state index in [4.69, 9.17) is 16.3 Å². The monoisotopic (exact) mass is 392 g/mol. The Morgan fingerprint density at radius 2 is 1.68 bits per heavy atom. The van der Waals surface area contributed by atoms with Gasteiger partial charge < -0.3 is 4.74 Å². The van der Waals surface area contributed by atoms with Crippen molar-refractivity contribution in [3.05, 3.63) is 107 Å². The van der Waals surface area contributed by atoms with Crippen molar-refractivity contribution in [3.63, 3.8) is 0 Å². The van der Waals surface area contributed by atoms with Crippen molar-refractivity contribution >= 4 is 11.6 Å². The Balaban J connectivity index is 1.48. The lowest BCUT2D eigenvalue weighted by atomic mass is 9.93. The van der Waals surface area contributed by atoms with Crippen molar-refractivity contribution in [2.45, 2.75) is 25.2 Å². The summed E-state index contributed by atoms with van der Waals surface area (Å²) >= 11 is 6.00. The zero-order valence-corrected chi connectivity index (χ0v) is 16.3. The van der Waals surface area contributed by atoms with Crippen molar-refractivity contribution in [2.24, 2.45) is 5.92 Å². The van der Waals surface area contributed by atoms with Crippen molar-refractivity contribution in [1.82, 2.24) is 0 Å². The quantitative estimate of drug-likeness (QED) is 0.399. The van der Waals surface area contributed by atoms with Gasteiger partial charge in [-0.05, 0) is 72.4 Å². The van der Waals surface area contributed by atoms with Gasteiger partial charge >= 0.3 is 0 Å². The van der Waals surface area contributed by atoms with E-state index in [-0.39, 0.29) is 18.2 Å². The highest BCUT2D eigenvalue weighted by Crippen LogP contribution is 2.44. The van der Waals surface area contributed by atoms with Gasteiger partial charge in [0.05, 0.1) is 0 Å². The van der Waals surface area contributed by atoms with Crippen molar-refractivity contribution in [3.8, 4) is 11.5 Å². The largest absolute Gasteiger partial charge is 0.457 e. The van der Waals surface area contributed by atoms with Gasteiger partial charge in [-0.25, -0.2) is 4.39 Å². The van der Waals surface area contributed by atoms with Crippen LogP contribution in [0.2, 0.25) is 5.02 Å². The van der Waals surface area contributed by atoms with E-state index >= 15 is 0 Å². The van der Waals surface area contributed by atoms with Gasteiger partial charge in [0, 0.05) is 17.4 Å². The summed E-state index contributed by atoms with van der Waals surface area (Å²) in [7, 11) is 0. The highest BCUT2D eigenvalue weighted by atomic mass is 35.5. The lowest BCUT2D eigenvalue weighted by molar-refractivity contribution is 0.481. The second-order valence-electron chi connectivity index (χ2n) is 7.27. The Labute approximate surface area is 170 Å². The van der Waals surface area contributed by atoms with Crippen LogP contribution in [0.3, 0.4) is 0 Å². The highest BCUT2D eigenvalue weighted by molar-refractivity contribution is 6.30. The molecule has 0 amide bonds. The molecule has 3 aromatic carbocycles. The molecule has 1 nitrogen and oxygen atoms in total. The van der Waals surface area contributed by atoms with Crippen molar-refractivity contribution in [1.29, 1.82) is 0 Å². The molecule has 1 saturated carbocycles. The molecule has 0 radical (unpaired) electrons. The summed E-state index contributed by atoms with van der Waals surface area (Å²) in [4.78, 5) is 0. The molecule has 4 rings (SSSR count). The SMILES string of the molecule is F/C(=C\C(c1ccc(Cl)cc1)C1CC1)Cc1cccc(Oc2ccccc2)c1. The van der Waals surface area contributed by atoms with Gasteiger partial charge in [0.25, 0.3) is 0 Å². The van der Waals surface area contributed by atoms with E-state index in [0.717, 1.165) is 29.7 Å².